The summed E-state index contributed by atoms with van der Waals surface area (Å²) < 4.78 is 27.3. The normalized spacial score (nSPS) is 8.70. The van der Waals surface area contributed by atoms with E-state index in [9.17, 15) is 8.78 Å². The molecule has 5 heteroatoms. The Balaban J connectivity index is 0.00000200. The molecule has 0 aliphatic heterocycles. The molecule has 20 heavy (non-hydrogen) atoms. The van der Waals surface area contributed by atoms with Crippen molar-refractivity contribution in [2.24, 2.45) is 4.99 Å². The fraction of sp³-hybridized carbons (Fsp3) is 0. The fourth-order valence-corrected chi connectivity index (χ4v) is 1.51. The van der Waals surface area contributed by atoms with Crippen molar-refractivity contribution in [1.82, 2.24) is 0 Å². The third kappa shape index (κ3) is 4.15. The van der Waals surface area contributed by atoms with E-state index in [1.54, 1.807) is 24.3 Å². The Bertz CT molecular complexity index is 691. The molecule has 2 aromatic carbocycles. The Morgan fingerprint density at radius 3 is 2.20 bits per heavy atom. The van der Waals surface area contributed by atoms with Crippen LogP contribution in [-0.4, -0.2) is 5.16 Å². The largest absolute Gasteiger partial charge is 1.00 e. The average Bonchev–Trinajstić information content (AvgIpc) is 2.39. The summed E-state index contributed by atoms with van der Waals surface area (Å²) in [5, 5.41) is 2.05. The Kier molecular flexibility index (Phi) is 6.35. The zero-order valence-electron chi connectivity index (χ0n) is 9.93. The summed E-state index contributed by atoms with van der Waals surface area (Å²) in [6, 6.07) is 11.7. The van der Waals surface area contributed by atoms with E-state index >= 15 is 0 Å². The monoisotopic (exact) mass is 372 g/mol. The Labute approximate surface area is 133 Å². The predicted octanol–water partition coefficient (Wildman–Crippen LogP) is 3.90. The molecular weight excluding hydrogens is 365 g/mol. The Hall–Kier alpha value is -1.72. The van der Waals surface area contributed by atoms with Crippen molar-refractivity contribution < 1.29 is 28.3 Å². The molecule has 0 N–H and O–H groups in total. The van der Waals surface area contributed by atoms with Crippen molar-refractivity contribution >= 4 is 23.1 Å². The molecule has 0 spiro atoms. The van der Waals surface area contributed by atoms with Crippen molar-refractivity contribution in [3.63, 3.8) is 0 Å². The molecule has 99 valence electrons. The zero-order chi connectivity index (χ0) is 13.7. The van der Waals surface area contributed by atoms with Gasteiger partial charge in [-0.15, -0.1) is 0 Å². The number of thiocarbonyl (C=S) groups is 1. The quantitative estimate of drug-likeness (QED) is 0.244. The van der Waals surface area contributed by atoms with Gasteiger partial charge in [0.05, 0.1) is 16.4 Å². The summed E-state index contributed by atoms with van der Waals surface area (Å²) >= 11 is 4.38. The van der Waals surface area contributed by atoms with E-state index < -0.39 is 11.6 Å². The van der Waals surface area contributed by atoms with Gasteiger partial charge >= 0.3 is 19.5 Å². The predicted molar refractivity (Wildman–Crippen MR) is 72.3 cm³/mol. The second-order valence-electron chi connectivity index (χ2n) is 3.53. The zero-order valence-corrected chi connectivity index (χ0v) is 12.5. The van der Waals surface area contributed by atoms with Crippen LogP contribution in [0.2, 0.25) is 0 Å². The van der Waals surface area contributed by atoms with Crippen LogP contribution in [0.15, 0.2) is 41.4 Å². The van der Waals surface area contributed by atoms with Crippen LogP contribution in [0.5, 0.6) is 0 Å². The van der Waals surface area contributed by atoms with Crippen LogP contribution in [-0.2, 0) is 19.5 Å². The first kappa shape index (κ1) is 16.3. The molecule has 1 nitrogen and oxygen atoms in total. The molecule has 0 aromatic heterocycles. The fourth-order valence-electron chi connectivity index (χ4n) is 1.40. The third-order valence-corrected chi connectivity index (χ3v) is 2.34. The van der Waals surface area contributed by atoms with Crippen LogP contribution < -0.4 is 0 Å². The van der Waals surface area contributed by atoms with E-state index in [0.29, 0.717) is 5.56 Å². The molecule has 0 unspecified atom stereocenters. The molecule has 0 amide bonds. The van der Waals surface area contributed by atoms with Crippen molar-refractivity contribution in [2.75, 3.05) is 0 Å². The number of nitrogens with zero attached hydrogens (tertiary/aromatic N) is 1. The summed E-state index contributed by atoms with van der Waals surface area (Å²) in [5.41, 5.74) is 0.430. The summed E-state index contributed by atoms with van der Waals surface area (Å²) in [4.78, 5) is 3.52. The first-order chi connectivity index (χ1) is 9.20. The smallest absolute Gasteiger partial charge is 0.205 e. The topological polar surface area (TPSA) is 12.4 Å². The minimum atomic E-state index is -0.779. The van der Waals surface area contributed by atoms with Crippen LogP contribution >= 0.6 is 12.2 Å². The van der Waals surface area contributed by atoms with Gasteiger partial charge in [-0.05, 0) is 12.2 Å². The maximum Gasteiger partial charge on any atom is 1.00 e. The van der Waals surface area contributed by atoms with Crippen LogP contribution in [0.3, 0.4) is 0 Å². The number of hydrogen-bond acceptors (Lipinski definition) is 2. The summed E-state index contributed by atoms with van der Waals surface area (Å²) in [6.45, 7) is 0. The van der Waals surface area contributed by atoms with Gasteiger partial charge < -0.3 is 0 Å². The van der Waals surface area contributed by atoms with Crippen LogP contribution in [0.25, 0.3) is 0 Å². The van der Waals surface area contributed by atoms with Gasteiger partial charge in [-0.25, -0.2) is 8.78 Å². The van der Waals surface area contributed by atoms with E-state index in [2.05, 4.69) is 40.3 Å². The van der Waals surface area contributed by atoms with Crippen LogP contribution in [0, 0.1) is 29.5 Å². The molecule has 1 radical (unpaired) electrons. The SMILES string of the molecule is Fc1cc(N=C=S)cc(F)c1C#Cc1cc[c-]cc1.[Ru+]. The molecule has 0 bridgehead atoms. The van der Waals surface area contributed by atoms with Crippen molar-refractivity contribution in [3.05, 3.63) is 65.2 Å². The van der Waals surface area contributed by atoms with Gasteiger partial charge in [0.1, 0.15) is 11.6 Å². The Morgan fingerprint density at radius 1 is 1.05 bits per heavy atom. The van der Waals surface area contributed by atoms with Gasteiger partial charge in [-0.2, -0.15) is 35.3 Å². The van der Waals surface area contributed by atoms with Gasteiger partial charge in [0, 0.05) is 12.1 Å². The average molecular weight is 371 g/mol. The molecule has 2 aromatic rings. The second-order valence-corrected chi connectivity index (χ2v) is 3.71. The van der Waals surface area contributed by atoms with E-state index in [-0.39, 0.29) is 30.7 Å². The molecular formula is C15H6F2NRuS. The maximum absolute atomic E-state index is 13.7. The van der Waals surface area contributed by atoms with Gasteiger partial charge in [-0.3, -0.25) is 0 Å². The molecule has 0 fully saturated rings. The van der Waals surface area contributed by atoms with Gasteiger partial charge in [0.2, 0.25) is 0 Å². The summed E-state index contributed by atoms with van der Waals surface area (Å²) in [6.07, 6.45) is 0. The minimum Gasteiger partial charge on any atom is -0.205 e. The number of isothiocyanates is 1. The van der Waals surface area contributed by atoms with E-state index in [4.69, 9.17) is 0 Å². The summed E-state index contributed by atoms with van der Waals surface area (Å²) in [5.74, 6) is 3.58. The maximum atomic E-state index is 13.7. The molecule has 0 saturated carbocycles. The standard InChI is InChI=1S/C15H6F2NS.Ru/c16-14-8-12(18-10-19)9-15(17)13(14)7-6-11-4-2-1-3-5-11;/h2-5,8-9H;/q-1;+1. The molecule has 0 aliphatic carbocycles. The molecule has 2 rings (SSSR count). The van der Waals surface area contributed by atoms with E-state index in [0.717, 1.165) is 12.1 Å². The minimum absolute atomic E-state index is 0. The van der Waals surface area contributed by atoms with Gasteiger partial charge in [0.15, 0.2) is 0 Å². The molecule has 0 saturated heterocycles. The second kappa shape index (κ2) is 7.77. The van der Waals surface area contributed by atoms with E-state index in [1.165, 1.54) is 0 Å². The van der Waals surface area contributed by atoms with Crippen molar-refractivity contribution in [1.29, 1.82) is 0 Å². The van der Waals surface area contributed by atoms with E-state index in [1.807, 2.05) is 0 Å². The molecule has 0 heterocycles. The Morgan fingerprint density at radius 2 is 1.65 bits per heavy atom. The number of hydrogen-bond donors (Lipinski definition) is 0. The molecule has 0 aliphatic rings. The number of aliphatic imine (C=N–C) groups is 1. The summed E-state index contributed by atoms with van der Waals surface area (Å²) in [7, 11) is 0. The van der Waals surface area contributed by atoms with Crippen LogP contribution in [0.1, 0.15) is 11.1 Å². The van der Waals surface area contributed by atoms with Crippen molar-refractivity contribution in [2.45, 2.75) is 0 Å². The number of halogens is 2. The number of benzene rings is 2. The molecule has 0 atom stereocenters. The van der Waals surface area contributed by atoms with Crippen LogP contribution in [0.4, 0.5) is 14.5 Å². The first-order valence-electron chi connectivity index (χ1n) is 5.26. The number of rotatable bonds is 1. The van der Waals surface area contributed by atoms with Gasteiger partial charge in [0.25, 0.3) is 0 Å². The van der Waals surface area contributed by atoms with Gasteiger partial charge in [-0.1, -0.05) is 17.4 Å². The van der Waals surface area contributed by atoms with Crippen molar-refractivity contribution in [3.8, 4) is 11.8 Å². The first-order valence-corrected chi connectivity index (χ1v) is 5.66. The third-order valence-electron chi connectivity index (χ3n) is 2.25.